The normalized spacial score (nSPS) is 12.5. The lowest BCUT2D eigenvalue weighted by Crippen LogP contribution is -2.40. The number of carbonyl (C=O) groups is 1. The fourth-order valence-electron chi connectivity index (χ4n) is 2.44. The minimum Gasteiger partial charge on any atom is -0.353 e. The van der Waals surface area contributed by atoms with Crippen molar-refractivity contribution >= 4 is 22.6 Å². The van der Waals surface area contributed by atoms with Crippen LogP contribution in [0.1, 0.15) is 25.5 Å². The molecule has 5 heteroatoms. The van der Waals surface area contributed by atoms with Gasteiger partial charge in [-0.05, 0) is 36.2 Å². The number of nitrogens with one attached hydrogen (secondary N) is 2. The van der Waals surface area contributed by atoms with Gasteiger partial charge in [-0.25, -0.2) is 4.99 Å². The van der Waals surface area contributed by atoms with E-state index < -0.39 is 0 Å². The molecule has 5 nitrogen and oxygen atoms in total. The molecule has 0 aliphatic rings. The predicted molar refractivity (Wildman–Crippen MR) is 109 cm³/mol. The quantitative estimate of drug-likeness (QED) is 0.477. The summed E-state index contributed by atoms with van der Waals surface area (Å²) in [6.07, 6.45) is 0. The van der Waals surface area contributed by atoms with Gasteiger partial charge in [0.25, 0.3) is 0 Å². The Balaban J connectivity index is 2.14. The van der Waals surface area contributed by atoms with Gasteiger partial charge in [0, 0.05) is 20.6 Å². The molecule has 0 radical (unpaired) electrons. The van der Waals surface area contributed by atoms with Crippen molar-refractivity contribution in [2.75, 3.05) is 27.2 Å². The SMILES string of the molecule is C=C(C)CNC(=NCC(=O)N(C)C)NC(C)c1ccc2ccccc2c1. The van der Waals surface area contributed by atoms with E-state index in [9.17, 15) is 4.79 Å². The summed E-state index contributed by atoms with van der Waals surface area (Å²) in [5.41, 5.74) is 2.16. The number of carbonyl (C=O) groups excluding carboxylic acids is 1. The summed E-state index contributed by atoms with van der Waals surface area (Å²) in [5, 5.41) is 9.02. The molecule has 1 amide bonds. The van der Waals surface area contributed by atoms with Crippen LogP contribution in [0.15, 0.2) is 59.6 Å². The minimum atomic E-state index is -0.0419. The highest BCUT2D eigenvalue weighted by Gasteiger charge is 2.10. The molecule has 26 heavy (non-hydrogen) atoms. The molecular weight excluding hydrogens is 324 g/mol. The molecule has 0 saturated carbocycles. The van der Waals surface area contributed by atoms with Crippen molar-refractivity contribution < 1.29 is 4.79 Å². The number of likely N-dealkylation sites (N-methyl/N-ethyl adjacent to an activating group) is 1. The van der Waals surface area contributed by atoms with Crippen molar-refractivity contribution in [1.29, 1.82) is 0 Å². The lowest BCUT2D eigenvalue weighted by Gasteiger charge is -2.19. The predicted octanol–water partition coefficient (Wildman–Crippen LogP) is 3.10. The highest BCUT2D eigenvalue weighted by Crippen LogP contribution is 2.20. The van der Waals surface area contributed by atoms with Gasteiger partial charge < -0.3 is 15.5 Å². The zero-order valence-corrected chi connectivity index (χ0v) is 16.0. The highest BCUT2D eigenvalue weighted by molar-refractivity contribution is 5.86. The average Bonchev–Trinajstić information content (AvgIpc) is 2.62. The fourth-order valence-corrected chi connectivity index (χ4v) is 2.44. The van der Waals surface area contributed by atoms with Crippen molar-refractivity contribution in [3.8, 4) is 0 Å². The number of benzene rings is 2. The average molecular weight is 352 g/mol. The van der Waals surface area contributed by atoms with Crippen LogP contribution in [0.2, 0.25) is 0 Å². The lowest BCUT2D eigenvalue weighted by molar-refractivity contribution is -0.127. The fraction of sp³-hybridized carbons (Fsp3) is 0.333. The van der Waals surface area contributed by atoms with E-state index in [0.29, 0.717) is 12.5 Å². The highest BCUT2D eigenvalue weighted by atomic mass is 16.2. The van der Waals surface area contributed by atoms with Crippen LogP contribution in [0.3, 0.4) is 0 Å². The first kappa shape index (κ1) is 19.5. The summed E-state index contributed by atoms with van der Waals surface area (Å²) in [5.74, 6) is 0.559. The second-order valence-electron chi connectivity index (χ2n) is 6.74. The molecule has 0 aromatic heterocycles. The third-order valence-electron chi connectivity index (χ3n) is 4.06. The third kappa shape index (κ3) is 5.62. The van der Waals surface area contributed by atoms with Crippen molar-refractivity contribution in [2.24, 2.45) is 4.99 Å². The second-order valence-corrected chi connectivity index (χ2v) is 6.74. The van der Waals surface area contributed by atoms with Gasteiger partial charge in [-0.2, -0.15) is 0 Å². The van der Waals surface area contributed by atoms with Crippen molar-refractivity contribution in [3.63, 3.8) is 0 Å². The maximum absolute atomic E-state index is 11.8. The second kappa shape index (κ2) is 9.04. The molecule has 0 heterocycles. The molecule has 1 unspecified atom stereocenters. The molecule has 0 saturated heterocycles. The summed E-state index contributed by atoms with van der Waals surface area (Å²) >= 11 is 0. The van der Waals surface area contributed by atoms with E-state index >= 15 is 0 Å². The minimum absolute atomic E-state index is 0.0419. The standard InChI is InChI=1S/C21H28N4O/c1-15(2)13-22-21(23-14-20(26)25(4)5)24-16(3)18-11-10-17-8-6-7-9-19(17)12-18/h6-12,16H,1,13-14H2,2-5H3,(H2,22,23,24). The molecule has 0 aliphatic carbocycles. The lowest BCUT2D eigenvalue weighted by atomic mass is 10.0. The van der Waals surface area contributed by atoms with E-state index in [2.05, 4.69) is 59.5 Å². The van der Waals surface area contributed by atoms with Gasteiger partial charge in [0.1, 0.15) is 6.54 Å². The number of amides is 1. The first-order valence-electron chi connectivity index (χ1n) is 8.75. The van der Waals surface area contributed by atoms with Gasteiger partial charge in [-0.3, -0.25) is 4.79 Å². The molecule has 2 rings (SSSR count). The molecule has 2 N–H and O–H groups in total. The largest absolute Gasteiger partial charge is 0.353 e. The van der Waals surface area contributed by atoms with Gasteiger partial charge in [-0.15, -0.1) is 0 Å². The number of hydrogen-bond donors (Lipinski definition) is 2. The van der Waals surface area contributed by atoms with Crippen LogP contribution in [0.5, 0.6) is 0 Å². The molecule has 0 bridgehead atoms. The van der Waals surface area contributed by atoms with E-state index in [1.165, 1.54) is 15.7 Å². The van der Waals surface area contributed by atoms with Gasteiger partial charge >= 0.3 is 0 Å². The number of hydrogen-bond acceptors (Lipinski definition) is 2. The van der Waals surface area contributed by atoms with E-state index in [0.717, 1.165) is 11.1 Å². The molecule has 138 valence electrons. The summed E-state index contributed by atoms with van der Waals surface area (Å²) in [4.78, 5) is 17.8. The molecule has 0 spiro atoms. The third-order valence-corrected chi connectivity index (χ3v) is 4.06. The van der Waals surface area contributed by atoms with Crippen LogP contribution in [0, 0.1) is 0 Å². The van der Waals surface area contributed by atoms with Gasteiger partial charge in [-0.1, -0.05) is 48.6 Å². The molecule has 2 aromatic rings. The maximum Gasteiger partial charge on any atom is 0.243 e. The molecule has 1 atom stereocenters. The Bertz CT molecular complexity index is 811. The van der Waals surface area contributed by atoms with Crippen molar-refractivity contribution in [3.05, 3.63) is 60.2 Å². The van der Waals surface area contributed by atoms with Gasteiger partial charge in [0.15, 0.2) is 5.96 Å². The van der Waals surface area contributed by atoms with E-state index in [4.69, 9.17) is 0 Å². The van der Waals surface area contributed by atoms with E-state index in [1.807, 2.05) is 19.1 Å². The Morgan fingerprint density at radius 2 is 1.88 bits per heavy atom. The van der Waals surface area contributed by atoms with Crippen molar-refractivity contribution in [1.82, 2.24) is 15.5 Å². The van der Waals surface area contributed by atoms with E-state index in [1.54, 1.807) is 14.1 Å². The summed E-state index contributed by atoms with van der Waals surface area (Å²) in [7, 11) is 3.45. The van der Waals surface area contributed by atoms with Crippen LogP contribution >= 0.6 is 0 Å². The van der Waals surface area contributed by atoms with Crippen LogP contribution < -0.4 is 10.6 Å². The number of nitrogens with zero attached hydrogens (tertiary/aromatic N) is 2. The number of guanidine groups is 1. The van der Waals surface area contributed by atoms with E-state index in [-0.39, 0.29) is 18.5 Å². The molecule has 2 aromatic carbocycles. The molecule has 0 aliphatic heterocycles. The van der Waals surface area contributed by atoms with Crippen molar-refractivity contribution in [2.45, 2.75) is 19.9 Å². The van der Waals surface area contributed by atoms with Crippen LogP contribution in [-0.4, -0.2) is 44.0 Å². The van der Waals surface area contributed by atoms with Gasteiger partial charge in [0.05, 0.1) is 6.04 Å². The summed E-state index contributed by atoms with van der Waals surface area (Å²) < 4.78 is 0. The first-order valence-corrected chi connectivity index (χ1v) is 8.75. The Morgan fingerprint density at radius 3 is 2.54 bits per heavy atom. The van der Waals surface area contributed by atoms with Crippen LogP contribution in [-0.2, 0) is 4.79 Å². The van der Waals surface area contributed by atoms with Gasteiger partial charge in [0.2, 0.25) is 5.91 Å². The smallest absolute Gasteiger partial charge is 0.243 e. The monoisotopic (exact) mass is 352 g/mol. The number of fused-ring (bicyclic) bond motifs is 1. The number of aliphatic imine (C=N–C) groups is 1. The zero-order chi connectivity index (χ0) is 19.1. The molecule has 0 fully saturated rings. The summed E-state index contributed by atoms with van der Waals surface area (Å²) in [6, 6.07) is 14.7. The Morgan fingerprint density at radius 1 is 1.19 bits per heavy atom. The Hall–Kier alpha value is -2.82. The zero-order valence-electron chi connectivity index (χ0n) is 16.0. The molecular formula is C21H28N4O. The topological polar surface area (TPSA) is 56.7 Å². The first-order chi connectivity index (χ1) is 12.4. The summed E-state index contributed by atoms with van der Waals surface area (Å²) in [6.45, 7) is 8.63. The number of rotatable bonds is 6. The Labute approximate surface area is 155 Å². The maximum atomic E-state index is 11.8. The van der Waals surface area contributed by atoms with Crippen LogP contribution in [0.25, 0.3) is 10.8 Å². The van der Waals surface area contributed by atoms with Crippen LogP contribution in [0.4, 0.5) is 0 Å². The Kier molecular flexibility index (Phi) is 6.78.